The van der Waals surface area contributed by atoms with Gasteiger partial charge in [0.15, 0.2) is 0 Å². The number of carbonyl (C=O) groups excluding carboxylic acids is 1. The van der Waals surface area contributed by atoms with Gasteiger partial charge in [0.2, 0.25) is 5.91 Å². The van der Waals surface area contributed by atoms with Crippen molar-refractivity contribution in [2.75, 3.05) is 59.1 Å². The van der Waals surface area contributed by atoms with Gasteiger partial charge < -0.3 is 38.6 Å². The number of aryl methyl sites for hydroxylation is 1. The van der Waals surface area contributed by atoms with Crippen LogP contribution < -0.4 is 14.4 Å². The molecule has 1 heterocycles. The molecule has 2 unspecified atom stereocenters. The number of para-hydroxylation sites is 1. The Labute approximate surface area is 271 Å². The van der Waals surface area contributed by atoms with Gasteiger partial charge in [-0.1, -0.05) is 42.5 Å². The van der Waals surface area contributed by atoms with Crippen molar-refractivity contribution in [3.8, 4) is 11.5 Å². The average Bonchev–Trinajstić information content (AvgIpc) is 3.08. The van der Waals surface area contributed by atoms with Crippen LogP contribution in [0.25, 0.3) is 0 Å². The van der Waals surface area contributed by atoms with E-state index in [4.69, 9.17) is 23.7 Å². The number of ether oxygens (including phenoxy) is 5. The minimum atomic E-state index is -0.948. The molecule has 3 aromatic carbocycles. The first-order chi connectivity index (χ1) is 22.3. The van der Waals surface area contributed by atoms with Crippen LogP contribution in [0.4, 0.5) is 10.5 Å². The molecule has 0 aliphatic carbocycles. The van der Waals surface area contributed by atoms with E-state index in [9.17, 15) is 14.7 Å². The highest BCUT2D eigenvalue weighted by atomic mass is 16.5. The fraction of sp³-hybridized carbons (Fsp3) is 0.444. The Morgan fingerprint density at radius 3 is 2.50 bits per heavy atom. The van der Waals surface area contributed by atoms with Gasteiger partial charge in [0.1, 0.15) is 11.5 Å². The molecule has 2 atom stereocenters. The van der Waals surface area contributed by atoms with Gasteiger partial charge in [0, 0.05) is 44.3 Å². The van der Waals surface area contributed by atoms with Crippen LogP contribution in [0.5, 0.6) is 11.5 Å². The van der Waals surface area contributed by atoms with E-state index in [1.54, 1.807) is 26.2 Å². The minimum Gasteiger partial charge on any atom is -0.496 e. The third-order valence-electron chi connectivity index (χ3n) is 8.28. The second-order valence-electron chi connectivity index (χ2n) is 11.4. The van der Waals surface area contributed by atoms with Crippen molar-refractivity contribution in [2.24, 2.45) is 0 Å². The lowest BCUT2D eigenvalue weighted by Gasteiger charge is -2.37. The lowest BCUT2D eigenvalue weighted by atomic mass is 9.87. The first-order valence-corrected chi connectivity index (χ1v) is 15.7. The van der Waals surface area contributed by atoms with Gasteiger partial charge in [-0.3, -0.25) is 4.79 Å². The molecule has 3 aromatic rings. The van der Waals surface area contributed by atoms with Crippen LogP contribution in [0.15, 0.2) is 66.7 Å². The maximum absolute atomic E-state index is 12.6. The van der Waals surface area contributed by atoms with E-state index in [0.29, 0.717) is 52.4 Å². The molecule has 46 heavy (non-hydrogen) atoms. The van der Waals surface area contributed by atoms with E-state index in [1.807, 2.05) is 73.7 Å². The summed E-state index contributed by atoms with van der Waals surface area (Å²) in [6.45, 7) is 4.92. The third-order valence-corrected chi connectivity index (χ3v) is 8.28. The quantitative estimate of drug-likeness (QED) is 0.190. The Morgan fingerprint density at radius 2 is 1.76 bits per heavy atom. The predicted molar refractivity (Wildman–Crippen MR) is 176 cm³/mol. The Bertz CT molecular complexity index is 1410. The van der Waals surface area contributed by atoms with Crippen LogP contribution in [-0.2, 0) is 32.2 Å². The second-order valence-corrected chi connectivity index (χ2v) is 11.4. The van der Waals surface area contributed by atoms with E-state index in [0.717, 1.165) is 45.9 Å². The first kappa shape index (κ1) is 34.7. The molecule has 10 heteroatoms. The van der Waals surface area contributed by atoms with Gasteiger partial charge in [0.05, 0.1) is 59.2 Å². The number of nitrogens with zero attached hydrogens (tertiary/aromatic N) is 2. The summed E-state index contributed by atoms with van der Waals surface area (Å²) in [6, 6.07) is 21.7. The molecule has 10 nitrogen and oxygen atoms in total. The Hall–Kier alpha value is -4.12. The zero-order valence-corrected chi connectivity index (χ0v) is 27.3. The van der Waals surface area contributed by atoms with Gasteiger partial charge in [-0.2, -0.15) is 0 Å². The minimum absolute atomic E-state index is 0.0243. The Kier molecular flexibility index (Phi) is 13.3. The van der Waals surface area contributed by atoms with Gasteiger partial charge in [0.25, 0.3) is 0 Å². The highest BCUT2D eigenvalue weighted by Crippen LogP contribution is 2.33. The first-order valence-electron chi connectivity index (χ1n) is 15.7. The Morgan fingerprint density at radius 1 is 0.978 bits per heavy atom. The molecule has 0 bridgehead atoms. The summed E-state index contributed by atoms with van der Waals surface area (Å²) in [5, 5.41) is 9.69. The molecule has 1 fully saturated rings. The van der Waals surface area contributed by atoms with Gasteiger partial charge >= 0.3 is 6.09 Å². The fourth-order valence-electron chi connectivity index (χ4n) is 5.61. The number of benzene rings is 3. The van der Waals surface area contributed by atoms with E-state index < -0.39 is 6.09 Å². The molecule has 1 aliphatic heterocycles. The number of piperidine rings is 1. The number of carboxylic acid groups (broad SMARTS) is 1. The van der Waals surface area contributed by atoms with Gasteiger partial charge in [-0.05, 0) is 54.3 Å². The van der Waals surface area contributed by atoms with Crippen LogP contribution >= 0.6 is 0 Å². The maximum atomic E-state index is 12.6. The van der Waals surface area contributed by atoms with Crippen molar-refractivity contribution in [3.63, 3.8) is 0 Å². The Balaban J connectivity index is 1.32. The normalized spacial score (nSPS) is 16.2. The molecule has 0 aromatic heterocycles. The average molecular weight is 635 g/mol. The molecular weight excluding hydrogens is 588 g/mol. The summed E-state index contributed by atoms with van der Waals surface area (Å²) in [5.41, 5.74) is 4.80. The number of methoxy groups -OCH3 is 2. The summed E-state index contributed by atoms with van der Waals surface area (Å²) in [5.74, 6) is 1.58. The zero-order chi connectivity index (χ0) is 32.9. The van der Waals surface area contributed by atoms with Crippen molar-refractivity contribution < 1.29 is 38.4 Å². The summed E-state index contributed by atoms with van der Waals surface area (Å²) in [4.78, 5) is 27.5. The topological polar surface area (TPSA) is 107 Å². The monoisotopic (exact) mass is 634 g/mol. The van der Waals surface area contributed by atoms with Crippen molar-refractivity contribution in [1.29, 1.82) is 0 Å². The molecule has 1 N–H and O–H groups in total. The van der Waals surface area contributed by atoms with Crippen LogP contribution in [0.1, 0.15) is 47.4 Å². The standard InChI is InChI=1S/C36H46N2O8/c1-26-10-11-27(22-32(26)37(2)35(39)17-21-42-3)24-46-34-23-38(36(40)41)18-16-31(34)28-12-14-30(15-13-28)45-20-7-19-44-25-29-8-5-6-9-33(29)43-4/h5-6,8-15,22,31,34H,7,16-21,23-25H2,1-4H3,(H,40,41). The van der Waals surface area contributed by atoms with Crippen LogP contribution in [-0.4, -0.2) is 82.3 Å². The molecule has 1 saturated heterocycles. The lowest BCUT2D eigenvalue weighted by molar-refractivity contribution is -0.119. The fourth-order valence-corrected chi connectivity index (χ4v) is 5.61. The van der Waals surface area contributed by atoms with Crippen LogP contribution in [0, 0.1) is 6.92 Å². The van der Waals surface area contributed by atoms with Crippen molar-refractivity contribution in [3.05, 3.63) is 89.0 Å². The van der Waals surface area contributed by atoms with E-state index in [1.165, 1.54) is 4.90 Å². The van der Waals surface area contributed by atoms with Crippen LogP contribution in [0.3, 0.4) is 0 Å². The van der Waals surface area contributed by atoms with Gasteiger partial charge in [-0.25, -0.2) is 4.79 Å². The van der Waals surface area contributed by atoms with Crippen molar-refractivity contribution >= 4 is 17.7 Å². The number of hydrogen-bond acceptors (Lipinski definition) is 7. The highest BCUT2D eigenvalue weighted by Gasteiger charge is 2.33. The number of amides is 2. The maximum Gasteiger partial charge on any atom is 0.407 e. The summed E-state index contributed by atoms with van der Waals surface area (Å²) in [6.07, 6.45) is 0.416. The third kappa shape index (κ3) is 9.69. The number of anilines is 1. The van der Waals surface area contributed by atoms with Gasteiger partial charge in [-0.15, -0.1) is 0 Å². The van der Waals surface area contributed by atoms with E-state index in [-0.39, 0.29) is 24.5 Å². The van der Waals surface area contributed by atoms with E-state index in [2.05, 4.69) is 0 Å². The molecule has 1 aliphatic rings. The zero-order valence-electron chi connectivity index (χ0n) is 27.3. The highest BCUT2D eigenvalue weighted by molar-refractivity contribution is 5.93. The number of rotatable bonds is 16. The summed E-state index contributed by atoms with van der Waals surface area (Å²) in [7, 11) is 4.99. The molecule has 2 amide bonds. The number of likely N-dealkylation sites (tertiary alicyclic amines) is 1. The second kappa shape index (κ2) is 17.5. The molecule has 0 radical (unpaired) electrons. The molecule has 4 rings (SSSR count). The summed E-state index contributed by atoms with van der Waals surface area (Å²) >= 11 is 0. The molecular formula is C36H46N2O8. The smallest absolute Gasteiger partial charge is 0.407 e. The van der Waals surface area contributed by atoms with Crippen molar-refractivity contribution in [2.45, 2.75) is 51.4 Å². The summed E-state index contributed by atoms with van der Waals surface area (Å²) < 4.78 is 28.6. The predicted octanol–water partition coefficient (Wildman–Crippen LogP) is 6.04. The number of hydrogen-bond donors (Lipinski definition) is 1. The number of carbonyl (C=O) groups is 2. The molecule has 0 saturated carbocycles. The SMILES string of the molecule is COCCC(=O)N(C)c1cc(COC2CN(C(=O)O)CCC2c2ccc(OCCCOCc3ccccc3OC)cc2)ccc1C. The molecule has 0 spiro atoms. The largest absolute Gasteiger partial charge is 0.496 e. The van der Waals surface area contributed by atoms with E-state index >= 15 is 0 Å². The van der Waals surface area contributed by atoms with Crippen LogP contribution in [0.2, 0.25) is 0 Å². The molecule has 248 valence electrons. The lowest BCUT2D eigenvalue weighted by Crippen LogP contribution is -2.46. The van der Waals surface area contributed by atoms with Crippen molar-refractivity contribution in [1.82, 2.24) is 4.90 Å².